The van der Waals surface area contributed by atoms with Crippen LogP contribution in [-0.2, 0) is 11.3 Å². The molecular weight excluding hydrogens is 354 g/mol. The van der Waals surface area contributed by atoms with Crippen LogP contribution in [0.15, 0.2) is 40.9 Å². The summed E-state index contributed by atoms with van der Waals surface area (Å²) in [4.78, 5) is 15.3. The zero-order chi connectivity index (χ0) is 17.8. The van der Waals surface area contributed by atoms with Crippen LogP contribution in [-0.4, -0.2) is 43.8 Å². The van der Waals surface area contributed by atoms with E-state index in [2.05, 4.69) is 28.5 Å². The van der Waals surface area contributed by atoms with Crippen molar-refractivity contribution in [2.75, 3.05) is 12.8 Å². The topological polar surface area (TPSA) is 63.9 Å². The van der Waals surface area contributed by atoms with E-state index < -0.39 is 0 Å². The van der Waals surface area contributed by atoms with Crippen molar-refractivity contribution >= 4 is 29.0 Å². The molecule has 1 amide bonds. The van der Waals surface area contributed by atoms with Gasteiger partial charge in [0.15, 0.2) is 0 Å². The minimum atomic E-state index is 0.0499. The molecule has 6 nitrogen and oxygen atoms in total. The van der Waals surface area contributed by atoms with Crippen molar-refractivity contribution < 1.29 is 4.79 Å². The molecule has 2 aromatic heterocycles. The number of thioether (sulfide) groups is 1. The van der Waals surface area contributed by atoms with Crippen LogP contribution in [0.5, 0.6) is 0 Å². The van der Waals surface area contributed by atoms with E-state index in [-0.39, 0.29) is 5.91 Å². The van der Waals surface area contributed by atoms with E-state index in [4.69, 9.17) is 0 Å². The van der Waals surface area contributed by atoms with Gasteiger partial charge in [0.1, 0.15) is 0 Å². The highest BCUT2D eigenvalue weighted by atomic mass is 32.2. The highest BCUT2D eigenvalue weighted by molar-refractivity contribution is 7.99. The first-order chi connectivity index (χ1) is 12.1. The van der Waals surface area contributed by atoms with Gasteiger partial charge in [-0.2, -0.15) is 4.68 Å². The van der Waals surface area contributed by atoms with Crippen LogP contribution >= 0.6 is 23.1 Å². The molecule has 0 saturated heterocycles. The molecule has 3 rings (SSSR count). The molecule has 3 aromatic rings. The molecule has 8 heteroatoms. The molecule has 0 fully saturated rings. The number of benzene rings is 1. The SMILES string of the molecule is Cc1cccc(-n2nnnc2SCC(=O)N(C)Cc2cccs2)c1C. The van der Waals surface area contributed by atoms with Crippen molar-refractivity contribution in [3.63, 3.8) is 0 Å². The van der Waals surface area contributed by atoms with Crippen LogP contribution in [0.1, 0.15) is 16.0 Å². The molecule has 0 saturated carbocycles. The Balaban J connectivity index is 1.67. The summed E-state index contributed by atoms with van der Waals surface area (Å²) < 4.78 is 1.69. The summed E-state index contributed by atoms with van der Waals surface area (Å²) in [5.41, 5.74) is 3.24. The van der Waals surface area contributed by atoms with Gasteiger partial charge in [0.2, 0.25) is 11.1 Å². The number of thiophene rings is 1. The van der Waals surface area contributed by atoms with E-state index in [1.54, 1.807) is 20.9 Å². The zero-order valence-electron chi connectivity index (χ0n) is 14.3. The monoisotopic (exact) mass is 373 g/mol. The molecule has 0 N–H and O–H groups in total. The molecule has 0 atom stereocenters. The average molecular weight is 374 g/mol. The van der Waals surface area contributed by atoms with E-state index in [1.165, 1.54) is 22.2 Å². The fraction of sp³-hybridized carbons (Fsp3) is 0.294. The lowest BCUT2D eigenvalue weighted by molar-refractivity contribution is -0.127. The first-order valence-electron chi connectivity index (χ1n) is 7.80. The fourth-order valence-electron chi connectivity index (χ4n) is 2.35. The fourth-order valence-corrected chi connectivity index (χ4v) is 3.93. The van der Waals surface area contributed by atoms with Gasteiger partial charge in [-0.1, -0.05) is 30.0 Å². The lowest BCUT2D eigenvalue weighted by atomic mass is 10.1. The van der Waals surface area contributed by atoms with Crippen molar-refractivity contribution in [1.82, 2.24) is 25.1 Å². The van der Waals surface area contributed by atoms with Gasteiger partial charge in [0.05, 0.1) is 18.0 Å². The Morgan fingerprint density at radius 1 is 1.28 bits per heavy atom. The first kappa shape index (κ1) is 17.6. The maximum atomic E-state index is 12.4. The van der Waals surface area contributed by atoms with Crippen molar-refractivity contribution in [2.45, 2.75) is 25.5 Å². The molecule has 0 radical (unpaired) electrons. The Bertz CT molecular complexity index is 860. The van der Waals surface area contributed by atoms with Crippen LogP contribution in [0.3, 0.4) is 0 Å². The molecule has 25 heavy (non-hydrogen) atoms. The van der Waals surface area contributed by atoms with Crippen LogP contribution in [0.25, 0.3) is 5.69 Å². The van der Waals surface area contributed by atoms with Gasteiger partial charge in [0.25, 0.3) is 0 Å². The largest absolute Gasteiger partial charge is 0.340 e. The average Bonchev–Trinajstić information content (AvgIpc) is 3.26. The van der Waals surface area contributed by atoms with E-state index in [1.807, 2.05) is 43.6 Å². The minimum absolute atomic E-state index is 0.0499. The molecule has 0 aliphatic heterocycles. The van der Waals surface area contributed by atoms with Gasteiger partial charge in [-0.15, -0.1) is 16.4 Å². The molecule has 1 aromatic carbocycles. The number of nitrogens with zero attached hydrogens (tertiary/aromatic N) is 5. The first-order valence-corrected chi connectivity index (χ1v) is 9.67. The third-order valence-corrected chi connectivity index (χ3v) is 5.73. The predicted molar refractivity (Wildman–Crippen MR) is 100 cm³/mol. The summed E-state index contributed by atoms with van der Waals surface area (Å²) in [5, 5.41) is 14.6. The number of tetrazole rings is 1. The Morgan fingerprint density at radius 3 is 2.88 bits per heavy atom. The highest BCUT2D eigenvalue weighted by Gasteiger charge is 2.16. The molecule has 0 bridgehead atoms. The van der Waals surface area contributed by atoms with Gasteiger partial charge in [-0.3, -0.25) is 4.79 Å². The number of rotatable bonds is 6. The predicted octanol–water partition coefficient (Wildman–Crippen LogP) is 3.09. The van der Waals surface area contributed by atoms with Crippen molar-refractivity contribution in [3.8, 4) is 5.69 Å². The van der Waals surface area contributed by atoms with Gasteiger partial charge in [-0.05, 0) is 52.9 Å². The third-order valence-electron chi connectivity index (χ3n) is 3.97. The van der Waals surface area contributed by atoms with Gasteiger partial charge >= 0.3 is 0 Å². The van der Waals surface area contributed by atoms with Gasteiger partial charge < -0.3 is 4.90 Å². The summed E-state index contributed by atoms with van der Waals surface area (Å²) in [6, 6.07) is 10.0. The molecule has 0 aliphatic carbocycles. The summed E-state index contributed by atoms with van der Waals surface area (Å²) in [6.45, 7) is 4.72. The summed E-state index contributed by atoms with van der Waals surface area (Å²) >= 11 is 3.00. The van der Waals surface area contributed by atoms with Crippen molar-refractivity contribution in [2.24, 2.45) is 0 Å². The maximum Gasteiger partial charge on any atom is 0.233 e. The highest BCUT2D eigenvalue weighted by Crippen LogP contribution is 2.22. The van der Waals surface area contributed by atoms with Crippen LogP contribution in [0.4, 0.5) is 0 Å². The number of amides is 1. The summed E-state index contributed by atoms with van der Waals surface area (Å²) in [6.07, 6.45) is 0. The summed E-state index contributed by atoms with van der Waals surface area (Å²) in [7, 11) is 1.82. The second-order valence-corrected chi connectivity index (χ2v) is 7.68. The van der Waals surface area contributed by atoms with Gasteiger partial charge in [0, 0.05) is 11.9 Å². The number of aryl methyl sites for hydroxylation is 1. The standard InChI is InChI=1S/C17H19N5OS2/c1-12-6-4-8-15(13(12)2)22-17(18-19-20-22)25-11-16(23)21(3)10-14-7-5-9-24-14/h4-9H,10-11H2,1-3H3. The lowest BCUT2D eigenvalue weighted by Crippen LogP contribution is -2.27. The maximum absolute atomic E-state index is 12.4. The second-order valence-electron chi connectivity index (χ2n) is 5.71. The van der Waals surface area contributed by atoms with Crippen LogP contribution in [0.2, 0.25) is 0 Å². The van der Waals surface area contributed by atoms with Crippen molar-refractivity contribution in [3.05, 3.63) is 51.7 Å². The molecular formula is C17H19N5OS2. The van der Waals surface area contributed by atoms with Crippen LogP contribution in [0, 0.1) is 13.8 Å². The second kappa shape index (κ2) is 7.79. The Kier molecular flexibility index (Phi) is 5.50. The van der Waals surface area contributed by atoms with E-state index in [0.717, 1.165) is 11.3 Å². The zero-order valence-corrected chi connectivity index (χ0v) is 16.0. The Morgan fingerprint density at radius 2 is 2.12 bits per heavy atom. The molecule has 0 spiro atoms. The minimum Gasteiger partial charge on any atom is -0.340 e. The van der Waals surface area contributed by atoms with E-state index in [0.29, 0.717) is 17.5 Å². The summed E-state index contributed by atoms with van der Waals surface area (Å²) in [5.74, 6) is 0.349. The van der Waals surface area contributed by atoms with Crippen LogP contribution < -0.4 is 0 Å². The molecule has 130 valence electrons. The number of aromatic nitrogens is 4. The number of hydrogen-bond acceptors (Lipinski definition) is 6. The normalized spacial score (nSPS) is 10.8. The molecule has 0 aliphatic rings. The number of carbonyl (C=O) groups excluding carboxylic acids is 1. The smallest absolute Gasteiger partial charge is 0.233 e. The lowest BCUT2D eigenvalue weighted by Gasteiger charge is -2.16. The molecule has 0 unspecified atom stereocenters. The molecule has 2 heterocycles. The van der Waals surface area contributed by atoms with E-state index >= 15 is 0 Å². The number of carbonyl (C=O) groups is 1. The quantitative estimate of drug-likeness (QED) is 0.621. The number of hydrogen-bond donors (Lipinski definition) is 0. The van der Waals surface area contributed by atoms with E-state index in [9.17, 15) is 4.79 Å². The Hall–Kier alpha value is -2.19. The van der Waals surface area contributed by atoms with Crippen molar-refractivity contribution in [1.29, 1.82) is 0 Å². The Labute approximate surface area is 154 Å². The third kappa shape index (κ3) is 4.08. The van der Waals surface area contributed by atoms with Gasteiger partial charge in [-0.25, -0.2) is 0 Å².